The molecule has 1 saturated heterocycles. The fourth-order valence-corrected chi connectivity index (χ4v) is 2.51. The highest BCUT2D eigenvalue weighted by molar-refractivity contribution is 5.94. The summed E-state index contributed by atoms with van der Waals surface area (Å²) in [6, 6.07) is 9.29. The summed E-state index contributed by atoms with van der Waals surface area (Å²) < 4.78 is 5.45. The second-order valence-electron chi connectivity index (χ2n) is 4.73. The molecule has 0 radical (unpaired) electrons. The van der Waals surface area contributed by atoms with Gasteiger partial charge in [-0.15, -0.1) is 0 Å². The number of aliphatic imine (C=N–C) groups is 1. The van der Waals surface area contributed by atoms with Crippen molar-refractivity contribution in [2.75, 3.05) is 19.7 Å². The van der Waals surface area contributed by atoms with Gasteiger partial charge in [-0.05, 0) is 43.5 Å². The molecule has 0 spiro atoms. The first-order valence-electron chi connectivity index (χ1n) is 6.42. The lowest BCUT2D eigenvalue weighted by Gasteiger charge is -2.10. The monoisotopic (exact) mass is 230 g/mol. The second-order valence-corrected chi connectivity index (χ2v) is 4.73. The molecule has 1 atom stereocenters. The number of benzene rings is 1. The predicted octanol–water partition coefficient (Wildman–Crippen LogP) is 1.76. The van der Waals surface area contributed by atoms with E-state index < -0.39 is 0 Å². The Balaban J connectivity index is 1.66. The molecule has 90 valence electrons. The molecule has 1 aromatic carbocycles. The molecule has 0 aromatic heterocycles. The quantitative estimate of drug-likeness (QED) is 0.858. The van der Waals surface area contributed by atoms with Gasteiger partial charge in [0, 0.05) is 11.6 Å². The van der Waals surface area contributed by atoms with E-state index in [1.165, 1.54) is 24.9 Å². The summed E-state index contributed by atoms with van der Waals surface area (Å²) in [7, 11) is 0. The Kier molecular flexibility index (Phi) is 3.10. The molecule has 1 fully saturated rings. The summed E-state index contributed by atoms with van der Waals surface area (Å²) in [5, 5.41) is 3.53. The maximum Gasteiger partial charge on any atom is 0.216 e. The van der Waals surface area contributed by atoms with Crippen LogP contribution in [-0.2, 0) is 11.2 Å². The van der Waals surface area contributed by atoms with E-state index in [1.807, 2.05) is 0 Å². The van der Waals surface area contributed by atoms with Crippen LogP contribution in [0.2, 0.25) is 0 Å². The Hall–Kier alpha value is -1.35. The van der Waals surface area contributed by atoms with Crippen LogP contribution < -0.4 is 5.32 Å². The topological polar surface area (TPSA) is 33.6 Å². The van der Waals surface area contributed by atoms with E-state index in [0.717, 1.165) is 31.0 Å². The number of ether oxygens (including phenoxy) is 1. The molecular formula is C14H18N2O. The third kappa shape index (κ3) is 2.50. The Morgan fingerprint density at radius 2 is 2.18 bits per heavy atom. The highest BCUT2D eigenvalue weighted by Gasteiger charge is 2.15. The van der Waals surface area contributed by atoms with E-state index in [9.17, 15) is 0 Å². The minimum atomic E-state index is 0.668. The van der Waals surface area contributed by atoms with Gasteiger partial charge >= 0.3 is 0 Å². The average molecular weight is 230 g/mol. The van der Waals surface area contributed by atoms with Crippen LogP contribution in [0.1, 0.15) is 24.0 Å². The van der Waals surface area contributed by atoms with Gasteiger partial charge in [-0.1, -0.05) is 12.1 Å². The first-order valence-corrected chi connectivity index (χ1v) is 6.42. The molecule has 1 aromatic rings. The molecule has 2 aliphatic heterocycles. The van der Waals surface area contributed by atoms with E-state index in [1.54, 1.807) is 0 Å². The Morgan fingerprint density at radius 3 is 2.82 bits per heavy atom. The highest BCUT2D eigenvalue weighted by Crippen LogP contribution is 2.14. The van der Waals surface area contributed by atoms with Gasteiger partial charge < -0.3 is 10.1 Å². The van der Waals surface area contributed by atoms with Crippen molar-refractivity contribution < 1.29 is 4.74 Å². The zero-order valence-electron chi connectivity index (χ0n) is 9.98. The van der Waals surface area contributed by atoms with Crippen LogP contribution in [0, 0.1) is 0 Å². The summed E-state index contributed by atoms with van der Waals surface area (Å²) in [6.07, 6.45) is 3.75. The lowest BCUT2D eigenvalue weighted by Crippen LogP contribution is -2.23. The molecule has 0 saturated carbocycles. The first kappa shape index (κ1) is 10.8. The SMILES string of the molecule is c1cc(C2=NCCO2)ccc1CC1CCCN1. The fraction of sp³-hybridized carbons (Fsp3) is 0.500. The van der Waals surface area contributed by atoms with Crippen molar-refractivity contribution >= 4 is 5.90 Å². The van der Waals surface area contributed by atoms with E-state index in [2.05, 4.69) is 34.6 Å². The lowest BCUT2D eigenvalue weighted by atomic mass is 10.0. The number of hydrogen-bond donors (Lipinski definition) is 1. The predicted molar refractivity (Wildman–Crippen MR) is 68.5 cm³/mol. The zero-order chi connectivity index (χ0) is 11.5. The van der Waals surface area contributed by atoms with Gasteiger partial charge in [0.1, 0.15) is 6.61 Å². The van der Waals surface area contributed by atoms with E-state index in [-0.39, 0.29) is 0 Å². The van der Waals surface area contributed by atoms with Crippen molar-refractivity contribution in [2.24, 2.45) is 4.99 Å². The van der Waals surface area contributed by atoms with Gasteiger partial charge in [-0.25, -0.2) is 4.99 Å². The molecule has 1 unspecified atom stereocenters. The normalized spacial score (nSPS) is 23.5. The first-order chi connectivity index (χ1) is 8.42. The molecule has 0 aliphatic carbocycles. The number of rotatable bonds is 3. The van der Waals surface area contributed by atoms with Crippen LogP contribution in [0.4, 0.5) is 0 Å². The third-order valence-electron chi connectivity index (χ3n) is 3.43. The molecule has 3 rings (SSSR count). The number of nitrogens with one attached hydrogen (secondary N) is 1. The van der Waals surface area contributed by atoms with Crippen molar-refractivity contribution in [3.8, 4) is 0 Å². The average Bonchev–Trinajstić information content (AvgIpc) is 3.01. The van der Waals surface area contributed by atoms with E-state index in [0.29, 0.717) is 6.04 Å². The fourth-order valence-electron chi connectivity index (χ4n) is 2.51. The minimum absolute atomic E-state index is 0.668. The summed E-state index contributed by atoms with van der Waals surface area (Å²) in [5.41, 5.74) is 2.50. The Labute approximate surface area is 102 Å². The zero-order valence-corrected chi connectivity index (χ0v) is 9.98. The van der Waals surface area contributed by atoms with Crippen LogP contribution >= 0.6 is 0 Å². The van der Waals surface area contributed by atoms with Crippen molar-refractivity contribution in [1.82, 2.24) is 5.32 Å². The van der Waals surface area contributed by atoms with Gasteiger partial charge in [0.05, 0.1) is 6.54 Å². The standard InChI is InChI=1S/C14H18N2O/c1-2-13(15-7-1)10-11-3-5-12(6-4-11)14-16-8-9-17-14/h3-6,13,15H,1-2,7-10H2. The molecule has 1 N–H and O–H groups in total. The largest absolute Gasteiger partial charge is 0.476 e. The Bertz CT molecular complexity index is 405. The maximum atomic E-state index is 5.45. The van der Waals surface area contributed by atoms with Crippen LogP contribution in [0.5, 0.6) is 0 Å². The molecule has 0 amide bonds. The van der Waals surface area contributed by atoms with Crippen molar-refractivity contribution in [3.63, 3.8) is 0 Å². The highest BCUT2D eigenvalue weighted by atomic mass is 16.5. The third-order valence-corrected chi connectivity index (χ3v) is 3.43. The molecule has 2 aliphatic rings. The maximum absolute atomic E-state index is 5.45. The molecule has 2 heterocycles. The molecule has 3 heteroatoms. The minimum Gasteiger partial charge on any atom is -0.476 e. The summed E-state index contributed by atoms with van der Waals surface area (Å²) in [5.74, 6) is 0.801. The van der Waals surface area contributed by atoms with Gasteiger partial charge in [0.2, 0.25) is 5.90 Å². The van der Waals surface area contributed by atoms with Crippen LogP contribution in [0.15, 0.2) is 29.3 Å². The van der Waals surface area contributed by atoms with Crippen molar-refractivity contribution in [1.29, 1.82) is 0 Å². The molecule has 0 bridgehead atoms. The van der Waals surface area contributed by atoms with Gasteiger partial charge in [-0.2, -0.15) is 0 Å². The summed E-state index contributed by atoms with van der Waals surface area (Å²) in [6.45, 7) is 2.69. The summed E-state index contributed by atoms with van der Waals surface area (Å²) >= 11 is 0. The van der Waals surface area contributed by atoms with Crippen molar-refractivity contribution in [2.45, 2.75) is 25.3 Å². The van der Waals surface area contributed by atoms with Gasteiger partial charge in [0.25, 0.3) is 0 Å². The van der Waals surface area contributed by atoms with Crippen LogP contribution in [0.3, 0.4) is 0 Å². The van der Waals surface area contributed by atoms with Crippen LogP contribution in [-0.4, -0.2) is 31.6 Å². The second kappa shape index (κ2) is 4.88. The molecular weight excluding hydrogens is 212 g/mol. The smallest absolute Gasteiger partial charge is 0.216 e. The lowest BCUT2D eigenvalue weighted by molar-refractivity contribution is 0.348. The van der Waals surface area contributed by atoms with Crippen molar-refractivity contribution in [3.05, 3.63) is 35.4 Å². The van der Waals surface area contributed by atoms with E-state index >= 15 is 0 Å². The Morgan fingerprint density at radius 1 is 1.29 bits per heavy atom. The molecule has 3 nitrogen and oxygen atoms in total. The van der Waals surface area contributed by atoms with Crippen LogP contribution in [0.25, 0.3) is 0 Å². The van der Waals surface area contributed by atoms with E-state index in [4.69, 9.17) is 4.74 Å². The van der Waals surface area contributed by atoms with Gasteiger partial charge in [0.15, 0.2) is 0 Å². The number of nitrogens with zero attached hydrogens (tertiary/aromatic N) is 1. The van der Waals surface area contributed by atoms with Gasteiger partial charge in [-0.3, -0.25) is 0 Å². The molecule has 17 heavy (non-hydrogen) atoms. The summed E-state index contributed by atoms with van der Waals surface area (Å²) in [4.78, 5) is 4.32. The number of hydrogen-bond acceptors (Lipinski definition) is 3.